The number of hydrogen-bond donors (Lipinski definition) is 2. The Morgan fingerprint density at radius 1 is 0.578 bits per heavy atom. The van der Waals surface area contributed by atoms with E-state index in [0.29, 0.717) is 6.61 Å². The number of ether oxygens (including phenoxy) is 2. The SMILES string of the molecule is Cc1ccc(-c2ccc(N(c3ccc(C)cc3)c3ccc(CCc4ccc(OCC(C)OCC(O)CO)cc4)cc3)cc2)cc1. The first kappa shape index (κ1) is 32.0. The lowest BCUT2D eigenvalue weighted by molar-refractivity contribution is -0.0353. The fourth-order valence-corrected chi connectivity index (χ4v) is 5.13. The number of aliphatic hydroxyl groups excluding tert-OH is 2. The third-order valence-corrected chi connectivity index (χ3v) is 7.89. The summed E-state index contributed by atoms with van der Waals surface area (Å²) in [5.74, 6) is 0.782. The second-order valence-electron chi connectivity index (χ2n) is 11.7. The van der Waals surface area contributed by atoms with Gasteiger partial charge in [-0.15, -0.1) is 0 Å². The Bertz CT molecular complexity index is 1600. The number of aryl methyl sites for hydroxylation is 4. The van der Waals surface area contributed by atoms with Crippen LogP contribution in [0, 0.1) is 13.8 Å². The summed E-state index contributed by atoms with van der Waals surface area (Å²) in [6.07, 6.45) is 0.820. The molecule has 0 aliphatic carbocycles. The van der Waals surface area contributed by atoms with Gasteiger partial charge < -0.3 is 24.6 Å². The van der Waals surface area contributed by atoms with Crippen LogP contribution >= 0.6 is 0 Å². The average molecular weight is 602 g/mol. The molecule has 5 rings (SSSR count). The van der Waals surface area contributed by atoms with E-state index >= 15 is 0 Å². The molecule has 232 valence electrons. The predicted molar refractivity (Wildman–Crippen MR) is 184 cm³/mol. The van der Waals surface area contributed by atoms with Gasteiger partial charge in [0.15, 0.2) is 0 Å². The van der Waals surface area contributed by atoms with E-state index in [9.17, 15) is 5.11 Å². The molecule has 0 aromatic heterocycles. The van der Waals surface area contributed by atoms with Crippen LogP contribution in [0.15, 0.2) is 121 Å². The zero-order valence-corrected chi connectivity index (χ0v) is 26.4. The highest BCUT2D eigenvalue weighted by atomic mass is 16.5. The van der Waals surface area contributed by atoms with E-state index in [2.05, 4.69) is 128 Å². The first-order valence-corrected chi connectivity index (χ1v) is 15.6. The van der Waals surface area contributed by atoms with Gasteiger partial charge in [-0.3, -0.25) is 0 Å². The summed E-state index contributed by atoms with van der Waals surface area (Å²) in [6.45, 7) is 6.26. The van der Waals surface area contributed by atoms with Crippen LogP contribution in [-0.4, -0.2) is 42.2 Å². The van der Waals surface area contributed by atoms with Crippen molar-refractivity contribution in [1.82, 2.24) is 0 Å². The molecule has 5 aromatic carbocycles. The van der Waals surface area contributed by atoms with Crippen molar-refractivity contribution < 1.29 is 19.7 Å². The van der Waals surface area contributed by atoms with Crippen LogP contribution in [0.2, 0.25) is 0 Å². The molecule has 45 heavy (non-hydrogen) atoms. The van der Waals surface area contributed by atoms with Crippen LogP contribution in [0.5, 0.6) is 5.75 Å². The van der Waals surface area contributed by atoms with Gasteiger partial charge in [0.25, 0.3) is 0 Å². The average Bonchev–Trinajstić information content (AvgIpc) is 3.08. The molecule has 2 N–H and O–H groups in total. The third kappa shape index (κ3) is 9.05. The summed E-state index contributed by atoms with van der Waals surface area (Å²) in [5, 5.41) is 18.3. The number of benzene rings is 5. The maximum atomic E-state index is 9.43. The summed E-state index contributed by atoms with van der Waals surface area (Å²) in [5.41, 5.74) is 10.8. The van der Waals surface area contributed by atoms with Gasteiger partial charge in [-0.1, -0.05) is 83.9 Å². The van der Waals surface area contributed by atoms with Crippen molar-refractivity contribution in [3.63, 3.8) is 0 Å². The summed E-state index contributed by atoms with van der Waals surface area (Å²) in [7, 11) is 0. The van der Waals surface area contributed by atoms with E-state index in [4.69, 9.17) is 14.6 Å². The molecule has 2 atom stereocenters. The van der Waals surface area contributed by atoms with Crippen molar-refractivity contribution in [2.45, 2.75) is 45.8 Å². The molecule has 0 saturated heterocycles. The Morgan fingerprint density at radius 3 is 1.51 bits per heavy atom. The van der Waals surface area contributed by atoms with Crippen molar-refractivity contribution >= 4 is 17.1 Å². The van der Waals surface area contributed by atoms with E-state index in [1.54, 1.807) is 0 Å². The number of aliphatic hydroxyl groups is 2. The van der Waals surface area contributed by atoms with Crippen LogP contribution < -0.4 is 9.64 Å². The summed E-state index contributed by atoms with van der Waals surface area (Å²) < 4.78 is 11.3. The second-order valence-corrected chi connectivity index (χ2v) is 11.7. The van der Waals surface area contributed by atoms with Gasteiger partial charge in [0.05, 0.1) is 19.3 Å². The molecular formula is C40H43NO4. The van der Waals surface area contributed by atoms with E-state index in [-0.39, 0.29) is 19.3 Å². The Labute approximate surface area is 267 Å². The number of rotatable bonds is 14. The predicted octanol–water partition coefficient (Wildman–Crippen LogP) is 8.36. The van der Waals surface area contributed by atoms with Crippen LogP contribution in [0.1, 0.15) is 29.2 Å². The molecule has 0 aliphatic rings. The first-order valence-electron chi connectivity index (χ1n) is 15.6. The molecule has 5 aromatic rings. The van der Waals surface area contributed by atoms with Crippen LogP contribution in [0.3, 0.4) is 0 Å². The van der Waals surface area contributed by atoms with Gasteiger partial charge in [-0.2, -0.15) is 0 Å². The van der Waals surface area contributed by atoms with Gasteiger partial charge in [-0.05, 0) is 104 Å². The van der Waals surface area contributed by atoms with Gasteiger partial charge in [-0.25, -0.2) is 0 Å². The molecule has 0 saturated carbocycles. The smallest absolute Gasteiger partial charge is 0.119 e. The van der Waals surface area contributed by atoms with Crippen molar-refractivity contribution in [2.75, 3.05) is 24.7 Å². The van der Waals surface area contributed by atoms with E-state index in [1.807, 2.05) is 19.1 Å². The second kappa shape index (κ2) is 15.5. The van der Waals surface area contributed by atoms with E-state index in [0.717, 1.165) is 35.7 Å². The third-order valence-electron chi connectivity index (χ3n) is 7.89. The quantitative estimate of drug-likeness (QED) is 0.134. The highest BCUT2D eigenvalue weighted by Crippen LogP contribution is 2.36. The lowest BCUT2D eigenvalue weighted by Crippen LogP contribution is -2.26. The summed E-state index contributed by atoms with van der Waals surface area (Å²) in [4.78, 5) is 2.31. The highest BCUT2D eigenvalue weighted by Gasteiger charge is 2.13. The Kier molecular flexibility index (Phi) is 11.0. The van der Waals surface area contributed by atoms with Crippen LogP contribution in [0.4, 0.5) is 17.1 Å². The minimum Gasteiger partial charge on any atom is -0.491 e. The molecule has 0 amide bonds. The van der Waals surface area contributed by atoms with Crippen molar-refractivity contribution in [2.24, 2.45) is 0 Å². The summed E-state index contributed by atoms with van der Waals surface area (Å²) in [6, 6.07) is 43.2. The maximum absolute atomic E-state index is 9.43. The van der Waals surface area contributed by atoms with Crippen molar-refractivity contribution in [3.05, 3.63) is 144 Å². The number of nitrogens with zero attached hydrogens (tertiary/aromatic N) is 1. The van der Waals surface area contributed by atoms with Gasteiger partial charge in [0.2, 0.25) is 0 Å². The standard InChI is InChI=1S/C40H43NO4/c1-29-4-14-34(15-5-29)35-16-22-38(23-17-35)41(36-18-6-30(2)7-19-36)37-20-10-32(11-21-37)8-9-33-12-24-40(25-13-33)45-27-31(3)44-28-39(43)26-42/h4-7,10-25,31,39,42-43H,8-9,26-28H2,1-3H3. The topological polar surface area (TPSA) is 62.2 Å². The van der Waals surface area contributed by atoms with Gasteiger partial charge >= 0.3 is 0 Å². The molecule has 0 aliphatic heterocycles. The summed E-state index contributed by atoms with van der Waals surface area (Å²) >= 11 is 0. The molecule has 0 heterocycles. The van der Waals surface area contributed by atoms with E-state index in [1.165, 1.54) is 33.4 Å². The lowest BCUT2D eigenvalue weighted by Gasteiger charge is -2.26. The molecule has 5 nitrogen and oxygen atoms in total. The monoisotopic (exact) mass is 601 g/mol. The Hall–Kier alpha value is -4.42. The molecule has 0 spiro atoms. The number of anilines is 3. The molecule has 5 heteroatoms. The van der Waals surface area contributed by atoms with E-state index < -0.39 is 6.10 Å². The zero-order valence-electron chi connectivity index (χ0n) is 26.4. The Morgan fingerprint density at radius 2 is 1.00 bits per heavy atom. The van der Waals surface area contributed by atoms with Gasteiger partial charge in [0.1, 0.15) is 18.5 Å². The normalized spacial score (nSPS) is 12.5. The van der Waals surface area contributed by atoms with Crippen molar-refractivity contribution in [1.29, 1.82) is 0 Å². The molecule has 0 radical (unpaired) electrons. The Balaban J connectivity index is 1.22. The van der Waals surface area contributed by atoms with Gasteiger partial charge in [0, 0.05) is 17.1 Å². The molecular weight excluding hydrogens is 558 g/mol. The molecule has 0 fully saturated rings. The minimum atomic E-state index is -0.864. The maximum Gasteiger partial charge on any atom is 0.119 e. The molecule has 2 unspecified atom stereocenters. The largest absolute Gasteiger partial charge is 0.491 e. The fourth-order valence-electron chi connectivity index (χ4n) is 5.13. The number of hydrogen-bond acceptors (Lipinski definition) is 5. The minimum absolute atomic E-state index is 0.0898. The zero-order chi connectivity index (χ0) is 31.6. The van der Waals surface area contributed by atoms with Crippen LogP contribution in [-0.2, 0) is 17.6 Å². The first-order chi connectivity index (χ1) is 21.9. The van der Waals surface area contributed by atoms with Crippen LogP contribution in [0.25, 0.3) is 11.1 Å². The lowest BCUT2D eigenvalue weighted by atomic mass is 10.0. The fraction of sp³-hybridized carbons (Fsp3) is 0.250. The molecule has 0 bridgehead atoms. The van der Waals surface area contributed by atoms with Crippen molar-refractivity contribution in [3.8, 4) is 16.9 Å². The highest BCUT2D eigenvalue weighted by molar-refractivity contribution is 5.78.